The van der Waals surface area contributed by atoms with Crippen molar-refractivity contribution in [3.05, 3.63) is 42.5 Å². The number of methoxy groups -OCH3 is 1. The molecule has 1 aromatic carbocycles. The Morgan fingerprint density at radius 2 is 2.11 bits per heavy atom. The van der Waals surface area contributed by atoms with E-state index in [0.717, 1.165) is 18.7 Å². The zero-order valence-corrected chi connectivity index (χ0v) is 11.6. The Hall–Kier alpha value is -1.81. The van der Waals surface area contributed by atoms with Crippen LogP contribution in [0.1, 0.15) is 12.5 Å². The van der Waals surface area contributed by atoms with Crippen LogP contribution in [0.2, 0.25) is 0 Å². The van der Waals surface area contributed by atoms with Crippen molar-refractivity contribution in [2.45, 2.75) is 19.4 Å². The van der Waals surface area contributed by atoms with E-state index in [0.29, 0.717) is 6.54 Å². The summed E-state index contributed by atoms with van der Waals surface area (Å²) in [4.78, 5) is 11.6. The van der Waals surface area contributed by atoms with Crippen LogP contribution in [0.4, 0.5) is 0 Å². The third-order valence-corrected chi connectivity index (χ3v) is 2.84. The second kappa shape index (κ2) is 8.32. The minimum absolute atomic E-state index is 0.00497. The lowest BCUT2D eigenvalue weighted by molar-refractivity contribution is -0.122. The molecule has 1 unspecified atom stereocenters. The van der Waals surface area contributed by atoms with Gasteiger partial charge in [0.1, 0.15) is 5.75 Å². The summed E-state index contributed by atoms with van der Waals surface area (Å²) in [5.41, 5.74) is 1.21. The van der Waals surface area contributed by atoms with E-state index in [-0.39, 0.29) is 11.9 Å². The van der Waals surface area contributed by atoms with Crippen molar-refractivity contribution in [1.82, 2.24) is 10.6 Å². The number of ether oxygens (including phenoxy) is 1. The number of amides is 1. The number of hydrogen-bond donors (Lipinski definition) is 2. The van der Waals surface area contributed by atoms with Gasteiger partial charge in [0, 0.05) is 6.54 Å². The third-order valence-electron chi connectivity index (χ3n) is 2.84. The monoisotopic (exact) mass is 262 g/mol. The van der Waals surface area contributed by atoms with Gasteiger partial charge in [-0.25, -0.2) is 0 Å². The van der Waals surface area contributed by atoms with E-state index in [1.54, 1.807) is 13.2 Å². The lowest BCUT2D eigenvalue weighted by Crippen LogP contribution is -2.42. The van der Waals surface area contributed by atoms with Crippen molar-refractivity contribution in [1.29, 1.82) is 0 Å². The molecule has 0 aliphatic rings. The first-order valence-electron chi connectivity index (χ1n) is 6.42. The van der Waals surface area contributed by atoms with Crippen LogP contribution in [-0.2, 0) is 11.2 Å². The molecule has 0 spiro atoms. The number of carbonyl (C=O) groups is 1. The fraction of sp³-hybridized carbons (Fsp3) is 0.400. The molecule has 1 atom stereocenters. The fourth-order valence-corrected chi connectivity index (χ4v) is 1.64. The van der Waals surface area contributed by atoms with Crippen LogP contribution in [0.25, 0.3) is 0 Å². The van der Waals surface area contributed by atoms with E-state index in [1.165, 1.54) is 5.56 Å². The summed E-state index contributed by atoms with van der Waals surface area (Å²) in [5, 5.41) is 5.95. The highest BCUT2D eigenvalue weighted by atomic mass is 16.5. The highest BCUT2D eigenvalue weighted by Gasteiger charge is 2.10. The molecule has 4 heteroatoms. The van der Waals surface area contributed by atoms with Crippen molar-refractivity contribution in [3.8, 4) is 5.75 Å². The molecule has 2 N–H and O–H groups in total. The van der Waals surface area contributed by atoms with Gasteiger partial charge in [-0.3, -0.25) is 4.79 Å². The van der Waals surface area contributed by atoms with Crippen LogP contribution in [0.3, 0.4) is 0 Å². The number of carbonyl (C=O) groups excluding carboxylic acids is 1. The molecule has 1 aromatic rings. The van der Waals surface area contributed by atoms with Crippen LogP contribution in [0, 0.1) is 0 Å². The standard InChI is InChI=1S/C15H22N2O2/c1-4-10-17-15(18)12(2)16-11-9-13-5-7-14(19-3)8-6-13/h4-8,12,16H,1,9-11H2,2-3H3,(H,17,18). The van der Waals surface area contributed by atoms with Crippen LogP contribution in [0.5, 0.6) is 5.75 Å². The van der Waals surface area contributed by atoms with E-state index < -0.39 is 0 Å². The van der Waals surface area contributed by atoms with Gasteiger partial charge in [-0.05, 0) is 37.6 Å². The van der Waals surface area contributed by atoms with E-state index in [4.69, 9.17) is 4.74 Å². The molecule has 0 heterocycles. The van der Waals surface area contributed by atoms with Crippen LogP contribution in [0.15, 0.2) is 36.9 Å². The van der Waals surface area contributed by atoms with Gasteiger partial charge in [0.25, 0.3) is 0 Å². The Labute approximate surface area is 114 Å². The lowest BCUT2D eigenvalue weighted by Gasteiger charge is -2.13. The number of benzene rings is 1. The molecule has 0 radical (unpaired) electrons. The second-order valence-electron chi connectivity index (χ2n) is 4.31. The summed E-state index contributed by atoms with van der Waals surface area (Å²) in [6, 6.07) is 7.75. The van der Waals surface area contributed by atoms with Gasteiger partial charge in [0.05, 0.1) is 13.2 Å². The first-order chi connectivity index (χ1) is 9.17. The van der Waals surface area contributed by atoms with Gasteiger partial charge in [0.2, 0.25) is 5.91 Å². The molecule has 0 bridgehead atoms. The topological polar surface area (TPSA) is 50.4 Å². The Morgan fingerprint density at radius 1 is 1.42 bits per heavy atom. The smallest absolute Gasteiger partial charge is 0.237 e. The molecule has 0 aliphatic heterocycles. The van der Waals surface area contributed by atoms with Gasteiger partial charge in [0.15, 0.2) is 0 Å². The average Bonchev–Trinajstić information content (AvgIpc) is 2.45. The maximum Gasteiger partial charge on any atom is 0.237 e. The Kier molecular flexibility index (Phi) is 6.68. The summed E-state index contributed by atoms with van der Waals surface area (Å²) in [5.74, 6) is 0.850. The zero-order chi connectivity index (χ0) is 14.1. The molecular formula is C15H22N2O2. The maximum atomic E-state index is 11.6. The van der Waals surface area contributed by atoms with Crippen molar-refractivity contribution < 1.29 is 9.53 Å². The molecule has 0 aromatic heterocycles. The lowest BCUT2D eigenvalue weighted by atomic mass is 10.1. The van der Waals surface area contributed by atoms with Crippen molar-refractivity contribution in [2.75, 3.05) is 20.2 Å². The normalized spacial score (nSPS) is 11.7. The van der Waals surface area contributed by atoms with Crippen molar-refractivity contribution in [3.63, 3.8) is 0 Å². The summed E-state index contributed by atoms with van der Waals surface area (Å²) in [6.07, 6.45) is 2.55. The largest absolute Gasteiger partial charge is 0.497 e. The zero-order valence-electron chi connectivity index (χ0n) is 11.6. The summed E-state index contributed by atoms with van der Waals surface area (Å²) in [6.45, 7) is 6.68. The minimum Gasteiger partial charge on any atom is -0.497 e. The highest BCUT2D eigenvalue weighted by molar-refractivity contribution is 5.81. The quantitative estimate of drug-likeness (QED) is 0.698. The molecule has 1 rings (SSSR count). The van der Waals surface area contributed by atoms with Gasteiger partial charge >= 0.3 is 0 Å². The van der Waals surface area contributed by atoms with Gasteiger partial charge < -0.3 is 15.4 Å². The second-order valence-corrected chi connectivity index (χ2v) is 4.31. The first kappa shape index (κ1) is 15.2. The van der Waals surface area contributed by atoms with Crippen LogP contribution in [-0.4, -0.2) is 32.1 Å². The Balaban J connectivity index is 2.28. The van der Waals surface area contributed by atoms with E-state index >= 15 is 0 Å². The molecule has 104 valence electrons. The molecular weight excluding hydrogens is 240 g/mol. The first-order valence-corrected chi connectivity index (χ1v) is 6.42. The van der Waals surface area contributed by atoms with Crippen LogP contribution >= 0.6 is 0 Å². The predicted molar refractivity (Wildman–Crippen MR) is 77.4 cm³/mol. The summed E-state index contributed by atoms with van der Waals surface area (Å²) >= 11 is 0. The molecule has 1 amide bonds. The number of rotatable bonds is 8. The van der Waals surface area contributed by atoms with Crippen molar-refractivity contribution >= 4 is 5.91 Å². The highest BCUT2D eigenvalue weighted by Crippen LogP contribution is 2.11. The average molecular weight is 262 g/mol. The van der Waals surface area contributed by atoms with Crippen LogP contribution < -0.4 is 15.4 Å². The van der Waals surface area contributed by atoms with Crippen molar-refractivity contribution in [2.24, 2.45) is 0 Å². The van der Waals surface area contributed by atoms with E-state index in [1.807, 2.05) is 31.2 Å². The van der Waals surface area contributed by atoms with E-state index in [9.17, 15) is 4.79 Å². The van der Waals surface area contributed by atoms with E-state index in [2.05, 4.69) is 17.2 Å². The fourth-order valence-electron chi connectivity index (χ4n) is 1.64. The molecule has 4 nitrogen and oxygen atoms in total. The Morgan fingerprint density at radius 3 is 2.68 bits per heavy atom. The molecule has 19 heavy (non-hydrogen) atoms. The minimum atomic E-state index is -0.196. The summed E-state index contributed by atoms with van der Waals surface area (Å²) < 4.78 is 5.10. The summed E-state index contributed by atoms with van der Waals surface area (Å²) in [7, 11) is 1.65. The molecule has 0 aliphatic carbocycles. The maximum absolute atomic E-state index is 11.6. The van der Waals surface area contributed by atoms with Gasteiger partial charge in [-0.1, -0.05) is 18.2 Å². The number of hydrogen-bond acceptors (Lipinski definition) is 3. The molecule has 0 saturated carbocycles. The SMILES string of the molecule is C=CCNC(=O)C(C)NCCc1ccc(OC)cc1. The molecule has 0 fully saturated rings. The van der Waals surface area contributed by atoms with Gasteiger partial charge in [-0.2, -0.15) is 0 Å². The van der Waals surface area contributed by atoms with Gasteiger partial charge in [-0.15, -0.1) is 6.58 Å². The predicted octanol–water partition coefficient (Wildman–Crippen LogP) is 1.52. The molecule has 0 saturated heterocycles. The Bertz CT molecular complexity index is 401. The third kappa shape index (κ3) is 5.57. The number of nitrogens with one attached hydrogen (secondary N) is 2.